The van der Waals surface area contributed by atoms with Gasteiger partial charge in [0.1, 0.15) is 0 Å². The van der Waals surface area contributed by atoms with Crippen LogP contribution in [-0.4, -0.2) is 26.9 Å². The van der Waals surface area contributed by atoms with Crippen LogP contribution in [0.4, 0.5) is 17.3 Å². The zero-order chi connectivity index (χ0) is 11.2. The molecule has 14 heavy (non-hydrogen) atoms. The Morgan fingerprint density at radius 3 is 1.71 bits per heavy atom. The Bertz CT molecular complexity index is 137. The number of likely N-dealkylation sites (tertiary alicyclic amines) is 1. The van der Waals surface area contributed by atoms with E-state index in [2.05, 4.69) is 13.8 Å². The third-order valence-corrected chi connectivity index (χ3v) is 2.01. The molecular weight excluding hydrogens is 197 g/mol. The highest BCUT2D eigenvalue weighted by atomic mass is 19.5. The average molecular weight is 215 g/mol. The third kappa shape index (κ3) is 11.7. The highest BCUT2D eigenvalue weighted by molar-refractivity contribution is 6.50. The monoisotopic (exact) mass is 215 g/mol. The van der Waals surface area contributed by atoms with Gasteiger partial charge in [0, 0.05) is 18.8 Å². The van der Waals surface area contributed by atoms with Gasteiger partial charge in [-0.05, 0) is 0 Å². The third-order valence-electron chi connectivity index (χ3n) is 2.01. The van der Waals surface area contributed by atoms with E-state index >= 15 is 0 Å². The fourth-order valence-electron chi connectivity index (χ4n) is 1.66. The van der Waals surface area contributed by atoms with Crippen molar-refractivity contribution < 1.29 is 22.2 Å². The summed E-state index contributed by atoms with van der Waals surface area (Å²) in [6, 6.07) is 0. The second-order valence-electron chi connectivity index (χ2n) is 4.05. The van der Waals surface area contributed by atoms with Crippen LogP contribution in [0.5, 0.6) is 0 Å². The molecule has 0 aromatic carbocycles. The molecule has 1 heterocycles. The van der Waals surface area contributed by atoms with Gasteiger partial charge >= 0.3 is 7.25 Å². The highest BCUT2D eigenvalue weighted by Gasteiger charge is 2.20. The van der Waals surface area contributed by atoms with Crippen LogP contribution in [0.15, 0.2) is 0 Å². The van der Waals surface area contributed by atoms with E-state index in [0.29, 0.717) is 0 Å². The molecule has 86 valence electrons. The molecule has 0 aliphatic carbocycles. The van der Waals surface area contributed by atoms with Crippen LogP contribution in [0.2, 0.25) is 0 Å². The molecule has 0 amide bonds. The number of quaternary nitrogens is 1. The summed E-state index contributed by atoms with van der Waals surface area (Å²) in [4.78, 5) is 1.82. The molecule has 0 saturated carbocycles. The van der Waals surface area contributed by atoms with Gasteiger partial charge in [-0.1, -0.05) is 13.8 Å². The lowest BCUT2D eigenvalue weighted by Gasteiger charge is -2.13. The van der Waals surface area contributed by atoms with Crippen molar-refractivity contribution >= 4 is 7.25 Å². The molecule has 0 aromatic heterocycles. The van der Waals surface area contributed by atoms with E-state index in [1.54, 1.807) is 0 Å². The van der Waals surface area contributed by atoms with Crippen molar-refractivity contribution in [2.24, 2.45) is 5.92 Å². The lowest BCUT2D eigenvalue weighted by molar-refractivity contribution is -0.890. The largest absolute Gasteiger partial charge is 0.673 e. The predicted molar refractivity (Wildman–Crippen MR) is 49.8 cm³/mol. The molecule has 1 N–H and O–H groups in total. The summed E-state index contributed by atoms with van der Waals surface area (Å²) < 4.78 is 39.0. The van der Waals surface area contributed by atoms with Gasteiger partial charge < -0.3 is 22.2 Å². The summed E-state index contributed by atoms with van der Waals surface area (Å²) in [7, 11) is -6.00. The van der Waals surface area contributed by atoms with Crippen LogP contribution in [-0.2, 0) is 0 Å². The molecule has 1 aliphatic rings. The van der Waals surface area contributed by atoms with E-state index in [0.717, 1.165) is 5.92 Å². The number of nitrogens with one attached hydrogen (secondary N) is 1. The van der Waals surface area contributed by atoms with Gasteiger partial charge in [-0.3, -0.25) is 0 Å². The summed E-state index contributed by atoms with van der Waals surface area (Å²) in [5, 5.41) is 0. The Hall–Kier alpha value is -0.255. The predicted octanol–water partition coefficient (Wildman–Crippen LogP) is 1.62. The van der Waals surface area contributed by atoms with Crippen LogP contribution < -0.4 is 4.90 Å². The van der Waals surface area contributed by atoms with E-state index in [4.69, 9.17) is 0 Å². The molecule has 0 bridgehead atoms. The maximum absolute atomic E-state index is 9.75. The van der Waals surface area contributed by atoms with E-state index in [-0.39, 0.29) is 0 Å². The van der Waals surface area contributed by atoms with Crippen molar-refractivity contribution in [2.75, 3.05) is 19.6 Å². The van der Waals surface area contributed by atoms with Crippen molar-refractivity contribution in [3.8, 4) is 0 Å². The number of rotatable bonds is 2. The first-order valence-electron chi connectivity index (χ1n) is 5.00. The van der Waals surface area contributed by atoms with Gasteiger partial charge in [-0.15, -0.1) is 0 Å². The van der Waals surface area contributed by atoms with Crippen LogP contribution in [0.3, 0.4) is 0 Å². The second-order valence-corrected chi connectivity index (χ2v) is 4.05. The maximum atomic E-state index is 9.75. The Morgan fingerprint density at radius 2 is 1.43 bits per heavy atom. The summed E-state index contributed by atoms with van der Waals surface area (Å²) in [5.74, 6) is 0.887. The lowest BCUT2D eigenvalue weighted by Crippen LogP contribution is -3.10. The zero-order valence-electron chi connectivity index (χ0n) is 8.70. The van der Waals surface area contributed by atoms with E-state index in [1.807, 2.05) is 4.90 Å². The highest BCUT2D eigenvalue weighted by Crippen LogP contribution is 2.06. The smallest absolute Gasteiger partial charge is 0.418 e. The number of halogens is 4. The molecule has 1 nitrogen and oxygen atoms in total. The van der Waals surface area contributed by atoms with Crippen molar-refractivity contribution in [1.82, 2.24) is 0 Å². The van der Waals surface area contributed by atoms with Crippen LogP contribution in [0.1, 0.15) is 26.7 Å². The first-order chi connectivity index (χ1) is 6.29. The molecule has 0 unspecified atom stereocenters. The molecule has 6 heteroatoms. The minimum Gasteiger partial charge on any atom is -0.418 e. The van der Waals surface area contributed by atoms with Crippen LogP contribution >= 0.6 is 0 Å². The Labute approximate surface area is 82.6 Å². The van der Waals surface area contributed by atoms with Crippen LogP contribution in [0, 0.1) is 5.92 Å². The van der Waals surface area contributed by atoms with Gasteiger partial charge in [0.15, 0.2) is 0 Å². The summed E-state index contributed by atoms with van der Waals surface area (Å²) >= 11 is 0. The Kier molecular flexibility index (Phi) is 6.16. The molecule has 0 radical (unpaired) electrons. The van der Waals surface area contributed by atoms with Crippen molar-refractivity contribution in [1.29, 1.82) is 0 Å². The second kappa shape index (κ2) is 6.27. The molecular formula is C8H18BF4N. The quantitative estimate of drug-likeness (QED) is 0.527. The minimum absolute atomic E-state index is 0.887. The standard InChI is InChI=1S/C8H17N.BF4/c1-8(2)7-9-5-3-4-6-9;2-1(3,4)5/h8H,3-7H2,1-2H3;/q;-1/p+1. The zero-order valence-corrected chi connectivity index (χ0v) is 8.70. The van der Waals surface area contributed by atoms with Crippen molar-refractivity contribution in [2.45, 2.75) is 26.7 Å². The van der Waals surface area contributed by atoms with Gasteiger partial charge in [0.2, 0.25) is 0 Å². The molecule has 0 atom stereocenters. The summed E-state index contributed by atoms with van der Waals surface area (Å²) in [6.45, 7) is 8.87. The SMILES string of the molecule is CC(C)C[NH+]1CCCC1.F[B-](F)(F)F. The Morgan fingerprint density at radius 1 is 1.07 bits per heavy atom. The molecule has 0 spiro atoms. The van der Waals surface area contributed by atoms with Gasteiger partial charge in [0.05, 0.1) is 19.6 Å². The number of hydrogen-bond acceptors (Lipinski definition) is 0. The van der Waals surface area contributed by atoms with Crippen molar-refractivity contribution in [3.05, 3.63) is 0 Å². The van der Waals surface area contributed by atoms with Crippen molar-refractivity contribution in [3.63, 3.8) is 0 Å². The van der Waals surface area contributed by atoms with Gasteiger partial charge in [-0.2, -0.15) is 0 Å². The Balaban J connectivity index is 0.000000292. The fraction of sp³-hybridized carbons (Fsp3) is 1.00. The normalized spacial score (nSPS) is 18.2. The first-order valence-corrected chi connectivity index (χ1v) is 5.00. The number of hydrogen-bond donors (Lipinski definition) is 1. The molecule has 1 rings (SSSR count). The lowest BCUT2D eigenvalue weighted by atomic mass is 10.2. The molecule has 1 saturated heterocycles. The molecule has 0 aromatic rings. The topological polar surface area (TPSA) is 4.44 Å². The van der Waals surface area contributed by atoms with E-state index < -0.39 is 7.25 Å². The molecule has 1 aliphatic heterocycles. The fourth-order valence-corrected chi connectivity index (χ4v) is 1.66. The first kappa shape index (κ1) is 13.7. The van der Waals surface area contributed by atoms with Crippen LogP contribution in [0.25, 0.3) is 0 Å². The minimum atomic E-state index is -6.00. The van der Waals surface area contributed by atoms with E-state index in [1.165, 1.54) is 32.5 Å². The summed E-state index contributed by atoms with van der Waals surface area (Å²) in [6.07, 6.45) is 2.92. The molecule has 1 fully saturated rings. The average Bonchev–Trinajstić information content (AvgIpc) is 2.33. The maximum Gasteiger partial charge on any atom is 0.673 e. The van der Waals surface area contributed by atoms with E-state index in [9.17, 15) is 17.3 Å². The van der Waals surface area contributed by atoms with Gasteiger partial charge in [0.25, 0.3) is 0 Å². The van der Waals surface area contributed by atoms with Gasteiger partial charge in [-0.25, -0.2) is 0 Å². The summed E-state index contributed by atoms with van der Waals surface area (Å²) in [5.41, 5.74) is 0.